The zero-order valence-electron chi connectivity index (χ0n) is 21.7. The second-order valence-electron chi connectivity index (χ2n) is 10.2. The lowest BCUT2D eigenvalue weighted by molar-refractivity contribution is -0.384. The third kappa shape index (κ3) is 4.29. The maximum absolute atomic E-state index is 14.9. The van der Waals surface area contributed by atoms with E-state index in [1.807, 2.05) is 0 Å². The average molecular weight is 563 g/mol. The molecule has 2 heterocycles. The molecule has 0 bridgehead atoms. The third-order valence-electron chi connectivity index (χ3n) is 7.62. The topological polar surface area (TPSA) is 147 Å². The van der Waals surface area contributed by atoms with Gasteiger partial charge in [0.15, 0.2) is 5.70 Å². The molecule has 2 aliphatic heterocycles. The third-order valence-corrected chi connectivity index (χ3v) is 10.0. The molecule has 0 aliphatic carbocycles. The predicted octanol–water partition coefficient (Wildman–Crippen LogP) is 3.61. The minimum Gasteiger partial charge on any atom is -0.476 e. The number of nitro groups is 1. The number of aliphatic hydroxyl groups excluding tert-OH is 1. The second kappa shape index (κ2) is 10.0. The van der Waals surface area contributed by atoms with Crippen molar-refractivity contribution in [3.8, 4) is 0 Å². The molecule has 0 saturated carbocycles. The highest BCUT2D eigenvalue weighted by Crippen LogP contribution is 2.60. The fourth-order valence-corrected chi connectivity index (χ4v) is 7.94. The minimum absolute atomic E-state index is 0.0956. The van der Waals surface area contributed by atoms with E-state index in [4.69, 9.17) is 4.52 Å². The van der Waals surface area contributed by atoms with Crippen LogP contribution in [0.2, 0.25) is 0 Å². The maximum Gasteiger partial charge on any atom is 0.356 e. The van der Waals surface area contributed by atoms with Gasteiger partial charge in [-0.05, 0) is 43.2 Å². The Bertz CT molecular complexity index is 1510. The van der Waals surface area contributed by atoms with Gasteiger partial charge in [-0.15, -0.1) is 0 Å². The highest BCUT2D eigenvalue weighted by molar-refractivity contribution is 7.74. The summed E-state index contributed by atoms with van der Waals surface area (Å²) in [7, 11) is -3.96. The Balaban J connectivity index is 1.69. The first-order chi connectivity index (χ1) is 19.0. The molecule has 2 aliphatic rings. The van der Waals surface area contributed by atoms with Gasteiger partial charge < -0.3 is 14.7 Å². The van der Waals surface area contributed by atoms with Crippen LogP contribution in [-0.4, -0.2) is 44.1 Å². The molecule has 10 nitrogen and oxygen atoms in total. The number of carbonyl (C=O) groups excluding carboxylic acids is 1. The van der Waals surface area contributed by atoms with Crippen LogP contribution in [0.3, 0.4) is 0 Å². The van der Waals surface area contributed by atoms with Gasteiger partial charge in [0.2, 0.25) is 5.91 Å². The molecule has 2 N–H and O–H groups in total. The normalized spacial score (nSPS) is 22.9. The number of carbonyl (C=O) groups is 2. The first-order valence-corrected chi connectivity index (χ1v) is 14.2. The van der Waals surface area contributed by atoms with E-state index >= 15 is 0 Å². The Hall–Kier alpha value is -4.27. The quantitative estimate of drug-likeness (QED) is 0.174. The lowest BCUT2D eigenvalue weighted by Crippen LogP contribution is -2.66. The Morgan fingerprint density at radius 1 is 1.05 bits per heavy atom. The van der Waals surface area contributed by atoms with Gasteiger partial charge in [-0.2, -0.15) is 0 Å². The summed E-state index contributed by atoms with van der Waals surface area (Å²) >= 11 is 0. The number of β-lactam (4-membered cyclic amide) rings is 1. The number of non-ortho nitro benzene ring substituents is 1. The van der Waals surface area contributed by atoms with Gasteiger partial charge >= 0.3 is 13.3 Å². The summed E-state index contributed by atoms with van der Waals surface area (Å²) in [6, 6.07) is 21.8. The number of carboxylic acids is 1. The Morgan fingerprint density at radius 2 is 1.57 bits per heavy atom. The Kier molecular flexibility index (Phi) is 6.85. The number of fused-ring (bicyclic) bond motifs is 1. The fourth-order valence-electron chi connectivity index (χ4n) is 5.75. The number of benzene rings is 3. The number of nitro benzene ring substituents is 1. The van der Waals surface area contributed by atoms with Crippen molar-refractivity contribution >= 4 is 35.5 Å². The molecular formula is C29H27N2O8P. The molecule has 11 heteroatoms. The van der Waals surface area contributed by atoms with E-state index < -0.39 is 53.3 Å². The van der Waals surface area contributed by atoms with Crippen molar-refractivity contribution in [2.24, 2.45) is 11.3 Å². The van der Waals surface area contributed by atoms with Crippen LogP contribution in [0, 0.1) is 21.4 Å². The average Bonchev–Trinajstić information content (AvgIpc) is 3.14. The molecule has 5 rings (SSSR count). The van der Waals surface area contributed by atoms with Gasteiger partial charge in [-0.1, -0.05) is 55.5 Å². The van der Waals surface area contributed by atoms with E-state index in [9.17, 15) is 34.5 Å². The number of amides is 1. The molecule has 3 aromatic rings. The second-order valence-corrected chi connectivity index (χ2v) is 12.6. The summed E-state index contributed by atoms with van der Waals surface area (Å²) < 4.78 is 21.3. The van der Waals surface area contributed by atoms with Gasteiger partial charge in [0.05, 0.1) is 39.0 Å². The number of hydrogen-bond donors (Lipinski definition) is 2. The van der Waals surface area contributed by atoms with Crippen LogP contribution < -0.4 is 10.6 Å². The van der Waals surface area contributed by atoms with E-state index in [0.717, 1.165) is 4.90 Å². The lowest BCUT2D eigenvalue weighted by Gasteiger charge is -2.50. The van der Waals surface area contributed by atoms with Crippen LogP contribution in [0.4, 0.5) is 5.69 Å². The summed E-state index contributed by atoms with van der Waals surface area (Å²) in [5, 5.41) is 32.7. The molecule has 3 aromatic carbocycles. The van der Waals surface area contributed by atoms with Crippen LogP contribution in [0.1, 0.15) is 19.4 Å². The highest BCUT2D eigenvalue weighted by Gasteiger charge is 2.67. The van der Waals surface area contributed by atoms with Gasteiger partial charge in [0, 0.05) is 12.1 Å². The Morgan fingerprint density at radius 3 is 2.02 bits per heavy atom. The highest BCUT2D eigenvalue weighted by atomic mass is 31.2. The number of aliphatic hydroxyl groups is 1. The summed E-state index contributed by atoms with van der Waals surface area (Å²) in [5.41, 5.74) is -1.18. The van der Waals surface area contributed by atoms with Crippen LogP contribution in [0.5, 0.6) is 0 Å². The monoisotopic (exact) mass is 562 g/mol. The predicted molar refractivity (Wildman–Crippen MR) is 146 cm³/mol. The van der Waals surface area contributed by atoms with Crippen LogP contribution in [0.15, 0.2) is 96.4 Å². The van der Waals surface area contributed by atoms with Crippen molar-refractivity contribution in [3.63, 3.8) is 0 Å². The van der Waals surface area contributed by atoms with Crippen molar-refractivity contribution in [2.75, 3.05) is 0 Å². The number of carboxylic acid groups (broad SMARTS) is 1. The van der Waals surface area contributed by atoms with Crippen molar-refractivity contribution in [1.29, 1.82) is 0 Å². The number of aliphatic carboxylic acids is 1. The minimum atomic E-state index is -3.96. The summed E-state index contributed by atoms with van der Waals surface area (Å²) in [5.74, 6) is -3.07. The first-order valence-electron chi connectivity index (χ1n) is 12.6. The first kappa shape index (κ1) is 27.3. The lowest BCUT2D eigenvalue weighted by atomic mass is 9.67. The maximum atomic E-state index is 14.9. The molecule has 1 fully saturated rings. The molecule has 40 heavy (non-hydrogen) atoms. The van der Waals surface area contributed by atoms with Gasteiger partial charge in [0.1, 0.15) is 5.76 Å². The van der Waals surface area contributed by atoms with Crippen LogP contribution >= 0.6 is 7.37 Å². The fraction of sp³-hybridized carbons (Fsp3) is 0.241. The van der Waals surface area contributed by atoms with Crippen molar-refractivity contribution in [2.45, 2.75) is 32.4 Å². The van der Waals surface area contributed by atoms with Gasteiger partial charge in [-0.25, -0.2) is 4.79 Å². The van der Waals surface area contributed by atoms with Crippen LogP contribution in [-0.2, 0) is 25.1 Å². The molecule has 4 atom stereocenters. The number of nitrogens with zero attached hydrogens (tertiary/aromatic N) is 2. The van der Waals surface area contributed by atoms with Crippen molar-refractivity contribution < 1.29 is 33.8 Å². The molecule has 0 spiro atoms. The van der Waals surface area contributed by atoms with Crippen LogP contribution in [0.25, 0.3) is 0 Å². The molecule has 0 unspecified atom stereocenters. The molecule has 0 aromatic heterocycles. The molecule has 1 saturated heterocycles. The van der Waals surface area contributed by atoms with Gasteiger partial charge in [-0.3, -0.25) is 24.4 Å². The van der Waals surface area contributed by atoms with Gasteiger partial charge in [0.25, 0.3) is 5.69 Å². The Labute approximate surface area is 230 Å². The SMILES string of the molecule is C[C@@H](O)[C@H]1C(=O)N2C(C(=O)O)=C(OP(=O)(c3ccccc3)c3ccccc3)[C@](C)(Cc3ccc([N+](=O)[O-])cc3)[C@@H]12. The standard InChI is InChI=1S/C29H27N2O8P/c1-18(32)23-25-29(2,17-19-13-15-20(16-14-19)31(36)37)26(24(28(34)35)30(25)27(23)33)39-40(38,21-9-5-3-6-10-21)22-11-7-4-8-12-22/h3-16,18,23,25,32H,17H2,1-2H3,(H,34,35)/t18-,23-,25-,29-/m1/s1. The van der Waals surface area contributed by atoms with E-state index in [-0.39, 0.29) is 17.9 Å². The summed E-state index contributed by atoms with van der Waals surface area (Å²) in [6.07, 6.45) is -0.993. The zero-order chi connectivity index (χ0) is 28.8. The molecule has 1 amide bonds. The molecule has 206 valence electrons. The van der Waals surface area contributed by atoms with E-state index in [2.05, 4.69) is 0 Å². The van der Waals surface area contributed by atoms with E-state index in [1.54, 1.807) is 79.7 Å². The number of rotatable bonds is 9. The summed E-state index contributed by atoms with van der Waals surface area (Å²) in [6.45, 7) is 3.17. The number of hydrogen-bond acceptors (Lipinski definition) is 7. The van der Waals surface area contributed by atoms with E-state index in [0.29, 0.717) is 16.2 Å². The summed E-state index contributed by atoms with van der Waals surface area (Å²) in [4.78, 5) is 37.6. The van der Waals surface area contributed by atoms with Crippen molar-refractivity contribution in [3.05, 3.63) is 112 Å². The largest absolute Gasteiger partial charge is 0.476 e. The van der Waals surface area contributed by atoms with Crippen molar-refractivity contribution in [1.82, 2.24) is 4.90 Å². The van der Waals surface area contributed by atoms with E-state index in [1.165, 1.54) is 19.1 Å². The smallest absolute Gasteiger partial charge is 0.356 e. The molecule has 0 radical (unpaired) electrons. The zero-order valence-corrected chi connectivity index (χ0v) is 22.6. The molecular weight excluding hydrogens is 535 g/mol.